The zero-order valence-corrected chi connectivity index (χ0v) is 20.5. The number of hydrogen-bond donors (Lipinski definition) is 3. The van der Waals surface area contributed by atoms with Crippen molar-refractivity contribution in [1.82, 2.24) is 9.62 Å². The van der Waals surface area contributed by atoms with Crippen LogP contribution in [0.3, 0.4) is 0 Å². The highest BCUT2D eigenvalue weighted by Gasteiger charge is 2.48. The van der Waals surface area contributed by atoms with Gasteiger partial charge in [-0.15, -0.1) is 0 Å². The third-order valence-electron chi connectivity index (χ3n) is 6.14. The molecule has 1 saturated heterocycles. The maximum absolute atomic E-state index is 13.3. The summed E-state index contributed by atoms with van der Waals surface area (Å²) in [5.74, 6) is 4.36. The van der Waals surface area contributed by atoms with Crippen molar-refractivity contribution in [2.24, 2.45) is 5.90 Å². The molecule has 0 amide bonds. The van der Waals surface area contributed by atoms with Crippen LogP contribution in [-0.4, -0.2) is 55.1 Å². The van der Waals surface area contributed by atoms with E-state index in [0.29, 0.717) is 12.3 Å². The summed E-state index contributed by atoms with van der Waals surface area (Å²) in [7, 11) is -4.09. The average molecular weight is 510 g/mol. The molecular weight excluding hydrogens is 477 g/mol. The molecule has 2 aromatic rings. The van der Waals surface area contributed by atoms with E-state index in [9.17, 15) is 22.7 Å². The lowest BCUT2D eigenvalue weighted by Gasteiger charge is -2.43. The van der Waals surface area contributed by atoms with Gasteiger partial charge in [0.05, 0.1) is 4.90 Å². The number of nitrogens with zero attached hydrogens (tertiary/aromatic N) is 1. The molecule has 1 aliphatic rings. The number of piperidine rings is 1. The predicted octanol–water partition coefficient (Wildman–Crippen LogP) is 2.66. The van der Waals surface area contributed by atoms with Crippen LogP contribution in [0.5, 0.6) is 5.75 Å². The lowest BCUT2D eigenvalue weighted by atomic mass is 9.87. The van der Waals surface area contributed by atoms with Gasteiger partial charge in [0, 0.05) is 19.5 Å². The maximum atomic E-state index is 13.3. The van der Waals surface area contributed by atoms with Crippen LogP contribution in [0.25, 0.3) is 0 Å². The summed E-state index contributed by atoms with van der Waals surface area (Å²) in [5, 5.41) is 13.1. The molecule has 1 aliphatic heterocycles. The first-order chi connectivity index (χ1) is 16.7. The van der Waals surface area contributed by atoms with Crippen LogP contribution in [-0.2, 0) is 26.3 Å². The molecule has 3 rings (SSSR count). The van der Waals surface area contributed by atoms with E-state index in [2.05, 4.69) is 12.2 Å². The molecule has 11 heteroatoms. The zero-order valence-electron chi connectivity index (χ0n) is 19.7. The average Bonchev–Trinajstić information content (AvgIpc) is 2.86. The van der Waals surface area contributed by atoms with Gasteiger partial charge in [-0.2, -0.15) is 4.31 Å². The highest BCUT2D eigenvalue weighted by Crippen LogP contribution is 2.33. The van der Waals surface area contributed by atoms with Crippen molar-refractivity contribution in [3.05, 3.63) is 59.9 Å². The number of ether oxygens (including phenoxy) is 1. The molecule has 0 saturated carbocycles. The molecule has 2 atom stereocenters. The van der Waals surface area contributed by atoms with Crippen molar-refractivity contribution >= 4 is 16.0 Å². The van der Waals surface area contributed by atoms with E-state index in [4.69, 9.17) is 15.5 Å². The Morgan fingerprint density at radius 3 is 2.51 bits per heavy atom. The molecule has 9 nitrogen and oxygen atoms in total. The summed E-state index contributed by atoms with van der Waals surface area (Å²) in [6, 6.07) is 10.3. The van der Waals surface area contributed by atoms with E-state index >= 15 is 0 Å². The van der Waals surface area contributed by atoms with Crippen molar-refractivity contribution in [1.29, 1.82) is 0 Å². The Kier molecular flexibility index (Phi) is 9.20. The van der Waals surface area contributed by atoms with Crippen molar-refractivity contribution < 1.29 is 32.3 Å². The number of hydrogen-bond acceptors (Lipinski definition) is 7. The lowest BCUT2D eigenvalue weighted by molar-refractivity contribution is -0.150. The van der Waals surface area contributed by atoms with Gasteiger partial charge in [0.15, 0.2) is 0 Å². The molecule has 0 spiro atoms. The summed E-state index contributed by atoms with van der Waals surface area (Å²) in [6.07, 6.45) is 2.14. The minimum atomic E-state index is -4.09. The molecule has 192 valence electrons. The first kappa shape index (κ1) is 27.0. The fourth-order valence-corrected chi connectivity index (χ4v) is 5.62. The van der Waals surface area contributed by atoms with Crippen LogP contribution in [0, 0.1) is 5.82 Å². The summed E-state index contributed by atoms with van der Waals surface area (Å²) >= 11 is 0. The van der Waals surface area contributed by atoms with Gasteiger partial charge in [-0.05, 0) is 61.3 Å². The number of nitrogens with one attached hydrogen (secondary N) is 1. The van der Waals surface area contributed by atoms with Gasteiger partial charge in [-0.3, -0.25) is 9.63 Å². The van der Waals surface area contributed by atoms with Crippen molar-refractivity contribution in [3.8, 4) is 5.75 Å². The number of sulfonamides is 1. The van der Waals surface area contributed by atoms with E-state index in [1.54, 1.807) is 12.1 Å². The Balaban J connectivity index is 1.70. The minimum absolute atomic E-state index is 0.0416. The number of carboxylic acids is 1. The van der Waals surface area contributed by atoms with Gasteiger partial charge in [0.25, 0.3) is 0 Å². The van der Waals surface area contributed by atoms with Gasteiger partial charge in [-0.25, -0.2) is 18.7 Å². The molecule has 2 aromatic carbocycles. The Bertz CT molecular complexity index is 1080. The third-order valence-corrected chi connectivity index (χ3v) is 8.06. The summed E-state index contributed by atoms with van der Waals surface area (Å²) < 4.78 is 46.3. The predicted molar refractivity (Wildman–Crippen MR) is 128 cm³/mol. The highest BCUT2D eigenvalue weighted by molar-refractivity contribution is 7.89. The maximum Gasteiger partial charge on any atom is 0.322 e. The van der Waals surface area contributed by atoms with Crippen LogP contribution < -0.4 is 16.0 Å². The molecule has 0 bridgehead atoms. The zero-order chi connectivity index (χ0) is 25.5. The summed E-state index contributed by atoms with van der Waals surface area (Å²) in [6.45, 7) is 3.27. The number of rotatable bonds is 12. The van der Waals surface area contributed by atoms with Gasteiger partial charge in [0.2, 0.25) is 10.0 Å². The summed E-state index contributed by atoms with van der Waals surface area (Å²) in [5.41, 5.74) is -0.212. The van der Waals surface area contributed by atoms with Gasteiger partial charge in [-0.1, -0.05) is 25.5 Å². The SMILES string of the molecule is CCCCNC[C@]1(ON)CCN(S(=O)(=O)c2ccc(OCc3ccc(F)cc3)cc2)[C@@H](C(=O)O)C1. The first-order valence-corrected chi connectivity index (χ1v) is 13.0. The van der Waals surface area contributed by atoms with Crippen molar-refractivity contribution in [2.45, 2.75) is 55.8 Å². The van der Waals surface area contributed by atoms with Gasteiger partial charge >= 0.3 is 5.97 Å². The second kappa shape index (κ2) is 11.9. The van der Waals surface area contributed by atoms with Crippen LogP contribution in [0.2, 0.25) is 0 Å². The number of unbranched alkanes of at least 4 members (excludes halogenated alkanes) is 1. The quantitative estimate of drug-likeness (QED) is 0.294. The van der Waals surface area contributed by atoms with Crippen LogP contribution in [0.1, 0.15) is 38.2 Å². The number of halogens is 1. The van der Waals surface area contributed by atoms with Crippen LogP contribution >= 0.6 is 0 Å². The monoisotopic (exact) mass is 509 g/mol. The summed E-state index contributed by atoms with van der Waals surface area (Å²) in [4.78, 5) is 17.2. The van der Waals surface area contributed by atoms with Crippen molar-refractivity contribution in [3.63, 3.8) is 0 Å². The van der Waals surface area contributed by atoms with E-state index in [1.165, 1.54) is 36.4 Å². The standard InChI is InChI=1S/C24H32FN3O6S/c1-2-3-13-27-17-24(34-26)12-14-28(22(15-24)23(29)30)35(31,32)21-10-8-20(9-11-21)33-16-18-4-6-19(25)7-5-18/h4-11,22,27H,2-3,12-17,26H2,1H3,(H,29,30)/t22-,24+/m1/s1. The molecular formula is C24H32FN3O6S. The Labute approximate surface area is 205 Å². The second-order valence-corrected chi connectivity index (χ2v) is 10.5. The van der Waals surface area contributed by atoms with E-state index in [-0.39, 0.29) is 36.7 Å². The number of nitrogens with two attached hydrogens (primary N) is 1. The normalized spacial score (nSPS) is 21.1. The molecule has 0 aromatic heterocycles. The number of aliphatic carboxylic acids is 1. The van der Waals surface area contributed by atoms with Gasteiger partial charge < -0.3 is 15.2 Å². The Hall–Kier alpha value is -2.57. The Morgan fingerprint density at radius 2 is 1.91 bits per heavy atom. The van der Waals surface area contributed by atoms with E-state index in [1.807, 2.05) is 0 Å². The lowest BCUT2D eigenvalue weighted by Crippen LogP contribution is -2.60. The molecule has 0 radical (unpaired) electrons. The fourth-order valence-electron chi connectivity index (χ4n) is 4.04. The van der Waals surface area contributed by atoms with E-state index < -0.39 is 27.6 Å². The number of benzene rings is 2. The molecule has 0 aliphatic carbocycles. The molecule has 1 fully saturated rings. The third kappa shape index (κ3) is 6.77. The van der Waals surface area contributed by atoms with E-state index in [0.717, 1.165) is 29.3 Å². The van der Waals surface area contributed by atoms with Crippen LogP contribution in [0.4, 0.5) is 4.39 Å². The Morgan fingerprint density at radius 1 is 1.23 bits per heavy atom. The molecule has 0 unspecified atom stereocenters. The minimum Gasteiger partial charge on any atom is -0.489 e. The molecule has 1 heterocycles. The second-order valence-electron chi connectivity index (χ2n) is 8.64. The molecule has 35 heavy (non-hydrogen) atoms. The largest absolute Gasteiger partial charge is 0.489 e. The van der Waals surface area contributed by atoms with Crippen molar-refractivity contribution in [2.75, 3.05) is 19.6 Å². The smallest absolute Gasteiger partial charge is 0.322 e. The highest BCUT2D eigenvalue weighted by atomic mass is 32.2. The topological polar surface area (TPSA) is 131 Å². The number of carboxylic acid groups (broad SMARTS) is 1. The fraction of sp³-hybridized carbons (Fsp3) is 0.458. The first-order valence-electron chi connectivity index (χ1n) is 11.5. The molecule has 4 N–H and O–H groups in total. The number of carbonyl (C=O) groups is 1. The van der Waals surface area contributed by atoms with Gasteiger partial charge in [0.1, 0.15) is 29.8 Å². The van der Waals surface area contributed by atoms with Crippen LogP contribution in [0.15, 0.2) is 53.4 Å².